The summed E-state index contributed by atoms with van der Waals surface area (Å²) in [6.45, 7) is 6.19. The molecular formula is C17H18ClN5O. The number of halogens is 1. The molecule has 1 N–H and O–H groups in total. The first-order chi connectivity index (χ1) is 11.4. The zero-order valence-corrected chi connectivity index (χ0v) is 14.5. The van der Waals surface area contributed by atoms with Crippen molar-refractivity contribution in [2.75, 3.05) is 5.32 Å². The highest BCUT2D eigenvalue weighted by atomic mass is 35.5. The van der Waals surface area contributed by atoms with Gasteiger partial charge >= 0.3 is 0 Å². The van der Waals surface area contributed by atoms with E-state index in [2.05, 4.69) is 15.5 Å². The van der Waals surface area contributed by atoms with Crippen LogP contribution >= 0.6 is 11.6 Å². The molecule has 0 aliphatic rings. The van der Waals surface area contributed by atoms with Crippen LogP contribution in [0.5, 0.6) is 0 Å². The van der Waals surface area contributed by atoms with Gasteiger partial charge in [-0.05, 0) is 32.9 Å². The van der Waals surface area contributed by atoms with Crippen molar-refractivity contribution in [2.24, 2.45) is 0 Å². The monoisotopic (exact) mass is 343 g/mol. The Kier molecular flexibility index (Phi) is 4.40. The van der Waals surface area contributed by atoms with Crippen LogP contribution < -0.4 is 5.32 Å². The first kappa shape index (κ1) is 16.3. The average molecular weight is 344 g/mol. The Bertz CT molecular complexity index is 879. The highest BCUT2D eigenvalue weighted by Gasteiger charge is 2.11. The van der Waals surface area contributed by atoms with E-state index in [9.17, 15) is 4.79 Å². The molecule has 0 unspecified atom stereocenters. The number of amides is 1. The maximum absolute atomic E-state index is 12.2. The van der Waals surface area contributed by atoms with Crippen LogP contribution in [0.25, 0.3) is 0 Å². The van der Waals surface area contributed by atoms with E-state index in [1.165, 1.54) is 0 Å². The fraction of sp³-hybridized carbons (Fsp3) is 0.235. The van der Waals surface area contributed by atoms with Crippen molar-refractivity contribution < 1.29 is 4.79 Å². The van der Waals surface area contributed by atoms with E-state index in [-0.39, 0.29) is 5.91 Å². The van der Waals surface area contributed by atoms with Crippen molar-refractivity contribution in [2.45, 2.75) is 27.4 Å². The maximum Gasteiger partial charge on any atom is 0.255 e. The van der Waals surface area contributed by atoms with Gasteiger partial charge in [-0.15, -0.1) is 0 Å². The summed E-state index contributed by atoms with van der Waals surface area (Å²) in [6, 6.07) is 7.41. The second-order valence-corrected chi connectivity index (χ2v) is 6.09. The third-order valence-electron chi connectivity index (χ3n) is 3.78. The standard InChI is InChI=1S/C17H18ClN5O/c1-11-4-6-14(7-5-11)17(24)20-15-8-19-22(9-15)10-23-13(3)16(18)12(2)21-23/h4-9H,10H2,1-3H3,(H,20,24). The van der Waals surface area contributed by atoms with E-state index >= 15 is 0 Å². The predicted molar refractivity (Wildman–Crippen MR) is 93.5 cm³/mol. The van der Waals surface area contributed by atoms with Crippen LogP contribution in [0.4, 0.5) is 5.69 Å². The fourth-order valence-corrected chi connectivity index (χ4v) is 2.50. The van der Waals surface area contributed by atoms with Gasteiger partial charge in [0.05, 0.1) is 34.5 Å². The Morgan fingerprint density at radius 3 is 2.54 bits per heavy atom. The van der Waals surface area contributed by atoms with E-state index < -0.39 is 0 Å². The summed E-state index contributed by atoms with van der Waals surface area (Å²) in [7, 11) is 0. The molecule has 6 nitrogen and oxygen atoms in total. The zero-order chi connectivity index (χ0) is 17.3. The quantitative estimate of drug-likeness (QED) is 0.789. The molecule has 0 spiro atoms. The van der Waals surface area contributed by atoms with Crippen molar-refractivity contribution in [1.29, 1.82) is 0 Å². The zero-order valence-electron chi connectivity index (χ0n) is 13.7. The van der Waals surface area contributed by atoms with Crippen LogP contribution in [-0.4, -0.2) is 25.5 Å². The second-order valence-electron chi connectivity index (χ2n) is 5.71. The van der Waals surface area contributed by atoms with E-state index in [0.29, 0.717) is 22.9 Å². The van der Waals surface area contributed by atoms with Gasteiger partial charge in [-0.2, -0.15) is 10.2 Å². The van der Waals surface area contributed by atoms with Crippen molar-refractivity contribution in [1.82, 2.24) is 19.6 Å². The third kappa shape index (κ3) is 3.33. The van der Waals surface area contributed by atoms with Gasteiger partial charge in [0.25, 0.3) is 5.91 Å². The van der Waals surface area contributed by atoms with Gasteiger partial charge in [0.2, 0.25) is 0 Å². The second kappa shape index (κ2) is 6.49. The third-order valence-corrected chi connectivity index (χ3v) is 4.32. The summed E-state index contributed by atoms with van der Waals surface area (Å²) >= 11 is 6.15. The lowest BCUT2D eigenvalue weighted by molar-refractivity contribution is 0.102. The van der Waals surface area contributed by atoms with Crippen LogP contribution in [0.3, 0.4) is 0 Å². The number of carbonyl (C=O) groups excluding carboxylic acids is 1. The topological polar surface area (TPSA) is 64.7 Å². The molecule has 24 heavy (non-hydrogen) atoms. The Morgan fingerprint density at radius 2 is 1.92 bits per heavy atom. The smallest absolute Gasteiger partial charge is 0.255 e. The van der Waals surface area contributed by atoms with Crippen molar-refractivity contribution >= 4 is 23.2 Å². The van der Waals surface area contributed by atoms with Gasteiger partial charge < -0.3 is 5.32 Å². The molecular weight excluding hydrogens is 326 g/mol. The van der Waals surface area contributed by atoms with Crippen molar-refractivity contribution in [3.05, 3.63) is 64.2 Å². The number of aryl methyl sites for hydroxylation is 2. The van der Waals surface area contributed by atoms with Crippen molar-refractivity contribution in [3.63, 3.8) is 0 Å². The molecule has 0 aliphatic heterocycles. The molecule has 2 aromatic heterocycles. The number of nitrogens with one attached hydrogen (secondary N) is 1. The molecule has 3 aromatic rings. The predicted octanol–water partition coefficient (Wildman–Crippen LogP) is 3.42. The first-order valence-corrected chi connectivity index (χ1v) is 7.92. The molecule has 3 rings (SSSR count). The highest BCUT2D eigenvalue weighted by molar-refractivity contribution is 6.31. The lowest BCUT2D eigenvalue weighted by Crippen LogP contribution is -2.12. The fourth-order valence-electron chi connectivity index (χ4n) is 2.36. The van der Waals surface area contributed by atoms with E-state index in [4.69, 9.17) is 11.6 Å². The molecule has 1 amide bonds. The number of carbonyl (C=O) groups is 1. The van der Waals surface area contributed by atoms with E-state index in [1.54, 1.807) is 33.9 Å². The van der Waals surface area contributed by atoms with Gasteiger partial charge in [-0.25, -0.2) is 9.36 Å². The van der Waals surface area contributed by atoms with Crippen LogP contribution in [0, 0.1) is 20.8 Å². The molecule has 0 saturated heterocycles. The van der Waals surface area contributed by atoms with Gasteiger partial charge in [0.1, 0.15) is 6.67 Å². The van der Waals surface area contributed by atoms with Crippen molar-refractivity contribution in [3.8, 4) is 0 Å². The Labute approximate surface area is 145 Å². The summed E-state index contributed by atoms with van der Waals surface area (Å²) in [4.78, 5) is 12.2. The Balaban J connectivity index is 1.70. The van der Waals surface area contributed by atoms with E-state index in [1.807, 2.05) is 32.9 Å². The number of aromatic nitrogens is 4. The molecule has 7 heteroatoms. The summed E-state index contributed by atoms with van der Waals surface area (Å²) in [5.41, 5.74) is 4.03. The number of rotatable bonds is 4. The van der Waals surface area contributed by atoms with Gasteiger partial charge in [-0.3, -0.25) is 4.79 Å². The maximum atomic E-state index is 12.2. The van der Waals surface area contributed by atoms with Crippen LogP contribution in [0.2, 0.25) is 5.02 Å². The Hall–Kier alpha value is -2.60. The number of anilines is 1. The molecule has 2 heterocycles. The Morgan fingerprint density at radius 1 is 1.21 bits per heavy atom. The van der Waals surface area contributed by atoms with Gasteiger partial charge in [0.15, 0.2) is 0 Å². The number of hydrogen-bond donors (Lipinski definition) is 1. The lowest BCUT2D eigenvalue weighted by Gasteiger charge is -2.05. The minimum Gasteiger partial charge on any atom is -0.319 e. The molecule has 1 aromatic carbocycles. The minimum atomic E-state index is -0.163. The molecule has 124 valence electrons. The van der Waals surface area contributed by atoms with Crippen LogP contribution in [0.15, 0.2) is 36.7 Å². The van der Waals surface area contributed by atoms with Crippen LogP contribution in [0.1, 0.15) is 27.3 Å². The molecule has 0 fully saturated rings. The summed E-state index contributed by atoms with van der Waals surface area (Å²) in [5, 5.41) is 12.1. The minimum absolute atomic E-state index is 0.163. The molecule has 0 aliphatic carbocycles. The van der Waals surface area contributed by atoms with Gasteiger partial charge in [0, 0.05) is 5.56 Å². The van der Waals surface area contributed by atoms with E-state index in [0.717, 1.165) is 17.0 Å². The molecule has 0 atom stereocenters. The number of benzene rings is 1. The number of nitrogens with zero attached hydrogens (tertiary/aromatic N) is 4. The summed E-state index contributed by atoms with van der Waals surface area (Å²) in [5.74, 6) is -0.163. The highest BCUT2D eigenvalue weighted by Crippen LogP contribution is 2.19. The lowest BCUT2D eigenvalue weighted by atomic mass is 10.1. The van der Waals surface area contributed by atoms with Crippen LogP contribution in [-0.2, 0) is 6.67 Å². The normalized spacial score (nSPS) is 10.8. The number of hydrogen-bond acceptors (Lipinski definition) is 3. The first-order valence-electron chi connectivity index (χ1n) is 7.54. The molecule has 0 radical (unpaired) electrons. The summed E-state index contributed by atoms with van der Waals surface area (Å²) < 4.78 is 3.47. The largest absolute Gasteiger partial charge is 0.319 e. The average Bonchev–Trinajstić information content (AvgIpc) is 3.09. The molecule has 0 saturated carbocycles. The molecule has 0 bridgehead atoms. The van der Waals surface area contributed by atoms with Gasteiger partial charge in [-0.1, -0.05) is 29.3 Å². The summed E-state index contributed by atoms with van der Waals surface area (Å²) in [6.07, 6.45) is 3.37. The SMILES string of the molecule is Cc1ccc(C(=O)Nc2cnn(Cn3nc(C)c(Cl)c3C)c2)cc1.